The molecule has 0 radical (unpaired) electrons. The SMILES string of the molecule is COC(=O)c1ccsc1NC(=O)C1CN(C(=O)c2cc(C)on2)C1. The molecule has 9 heteroatoms. The number of methoxy groups -OCH3 is 1. The van der Waals surface area contributed by atoms with E-state index in [2.05, 4.69) is 15.2 Å². The van der Waals surface area contributed by atoms with Crippen molar-refractivity contribution in [2.45, 2.75) is 6.92 Å². The van der Waals surface area contributed by atoms with Crippen LogP contribution in [0, 0.1) is 12.8 Å². The third kappa shape index (κ3) is 3.02. The highest BCUT2D eigenvalue weighted by Gasteiger charge is 2.37. The molecule has 1 aliphatic rings. The zero-order valence-corrected chi connectivity index (χ0v) is 13.9. The molecule has 1 saturated heterocycles. The van der Waals surface area contributed by atoms with Gasteiger partial charge in [0.2, 0.25) is 5.91 Å². The molecular formula is C15H15N3O5S. The summed E-state index contributed by atoms with van der Waals surface area (Å²) in [6.45, 7) is 2.31. The standard InChI is InChI=1S/C15H15N3O5S/c1-8-5-11(17-23-8)14(20)18-6-9(7-18)12(19)16-13-10(3-4-24-13)15(21)22-2/h3-5,9H,6-7H2,1-2H3,(H,16,19). The molecule has 126 valence electrons. The first-order valence-corrected chi connectivity index (χ1v) is 8.07. The van der Waals surface area contributed by atoms with Crippen LogP contribution in [0.15, 0.2) is 22.0 Å². The Bertz CT molecular complexity index is 791. The average Bonchev–Trinajstić information content (AvgIpc) is 3.13. The third-order valence-corrected chi connectivity index (χ3v) is 4.52. The molecule has 1 aliphatic heterocycles. The van der Waals surface area contributed by atoms with Crippen LogP contribution in [0.5, 0.6) is 0 Å². The lowest BCUT2D eigenvalue weighted by Crippen LogP contribution is -2.54. The van der Waals surface area contributed by atoms with Crippen molar-refractivity contribution in [1.82, 2.24) is 10.1 Å². The maximum absolute atomic E-state index is 12.2. The van der Waals surface area contributed by atoms with Gasteiger partial charge in [-0.25, -0.2) is 4.79 Å². The number of nitrogens with one attached hydrogen (secondary N) is 1. The highest BCUT2D eigenvalue weighted by Crippen LogP contribution is 2.26. The number of aryl methyl sites for hydroxylation is 1. The fourth-order valence-electron chi connectivity index (χ4n) is 2.33. The smallest absolute Gasteiger partial charge is 0.340 e. The second-order valence-corrected chi connectivity index (χ2v) is 6.29. The quantitative estimate of drug-likeness (QED) is 0.840. The van der Waals surface area contributed by atoms with Crippen LogP contribution in [0.4, 0.5) is 5.00 Å². The first-order chi connectivity index (χ1) is 11.5. The Labute approximate surface area is 141 Å². The summed E-state index contributed by atoms with van der Waals surface area (Å²) in [5.74, 6) is -0.764. The minimum absolute atomic E-state index is 0.233. The highest BCUT2D eigenvalue weighted by molar-refractivity contribution is 7.14. The summed E-state index contributed by atoms with van der Waals surface area (Å²) in [6.07, 6.45) is 0. The number of hydrogen-bond acceptors (Lipinski definition) is 7. The second kappa shape index (κ2) is 6.44. The van der Waals surface area contributed by atoms with Crippen molar-refractivity contribution >= 4 is 34.1 Å². The van der Waals surface area contributed by atoms with Crippen LogP contribution in [0.1, 0.15) is 26.6 Å². The van der Waals surface area contributed by atoms with Gasteiger partial charge in [0, 0.05) is 19.2 Å². The summed E-state index contributed by atoms with van der Waals surface area (Å²) < 4.78 is 9.54. The van der Waals surface area contributed by atoms with E-state index in [1.54, 1.807) is 24.4 Å². The molecule has 3 rings (SSSR count). The molecule has 3 heterocycles. The number of thiophene rings is 1. The predicted molar refractivity (Wildman–Crippen MR) is 84.9 cm³/mol. The maximum Gasteiger partial charge on any atom is 0.340 e. The molecule has 0 bridgehead atoms. The number of aromatic nitrogens is 1. The number of nitrogens with zero attached hydrogens (tertiary/aromatic N) is 2. The lowest BCUT2D eigenvalue weighted by Gasteiger charge is -2.37. The zero-order valence-electron chi connectivity index (χ0n) is 13.1. The van der Waals surface area contributed by atoms with Gasteiger partial charge in [-0.15, -0.1) is 11.3 Å². The molecule has 1 fully saturated rings. The van der Waals surface area contributed by atoms with Crippen LogP contribution in [0.2, 0.25) is 0 Å². The number of ether oxygens (including phenoxy) is 1. The Morgan fingerprint density at radius 2 is 2.17 bits per heavy atom. The summed E-state index contributed by atoms with van der Waals surface area (Å²) >= 11 is 1.24. The van der Waals surface area contributed by atoms with E-state index in [4.69, 9.17) is 4.52 Å². The Hall–Kier alpha value is -2.68. The van der Waals surface area contributed by atoms with Gasteiger partial charge in [-0.05, 0) is 18.4 Å². The van der Waals surface area contributed by atoms with Crippen molar-refractivity contribution < 1.29 is 23.6 Å². The molecule has 24 heavy (non-hydrogen) atoms. The molecule has 0 aliphatic carbocycles. The molecular weight excluding hydrogens is 334 g/mol. The van der Waals surface area contributed by atoms with Crippen molar-refractivity contribution in [1.29, 1.82) is 0 Å². The van der Waals surface area contributed by atoms with E-state index < -0.39 is 5.97 Å². The number of esters is 1. The van der Waals surface area contributed by atoms with Gasteiger partial charge in [0.05, 0.1) is 18.6 Å². The number of carbonyl (C=O) groups is 3. The normalized spacial score (nSPS) is 14.2. The first-order valence-electron chi connectivity index (χ1n) is 7.19. The van der Waals surface area contributed by atoms with E-state index in [-0.39, 0.29) is 23.4 Å². The summed E-state index contributed by atoms with van der Waals surface area (Å²) in [6, 6.07) is 3.15. The average molecular weight is 349 g/mol. The van der Waals surface area contributed by atoms with Gasteiger partial charge in [-0.2, -0.15) is 0 Å². The number of hydrogen-bond donors (Lipinski definition) is 1. The number of rotatable bonds is 4. The molecule has 0 spiro atoms. The fraction of sp³-hybridized carbons (Fsp3) is 0.333. The van der Waals surface area contributed by atoms with Gasteiger partial charge in [0.1, 0.15) is 10.8 Å². The van der Waals surface area contributed by atoms with E-state index >= 15 is 0 Å². The molecule has 8 nitrogen and oxygen atoms in total. The fourth-order valence-corrected chi connectivity index (χ4v) is 3.11. The number of carbonyl (C=O) groups excluding carboxylic acids is 3. The van der Waals surface area contributed by atoms with Crippen LogP contribution in [-0.4, -0.2) is 48.0 Å². The Morgan fingerprint density at radius 3 is 2.79 bits per heavy atom. The minimum Gasteiger partial charge on any atom is -0.465 e. The van der Waals surface area contributed by atoms with E-state index in [0.29, 0.717) is 29.4 Å². The Kier molecular flexibility index (Phi) is 4.34. The molecule has 0 aromatic carbocycles. The van der Waals surface area contributed by atoms with E-state index in [1.165, 1.54) is 23.3 Å². The maximum atomic E-state index is 12.2. The monoisotopic (exact) mass is 349 g/mol. The predicted octanol–water partition coefficient (Wildman–Crippen LogP) is 1.54. The topological polar surface area (TPSA) is 102 Å². The van der Waals surface area contributed by atoms with Crippen LogP contribution in [0.3, 0.4) is 0 Å². The molecule has 0 saturated carbocycles. The summed E-state index contributed by atoms with van der Waals surface area (Å²) in [4.78, 5) is 37.5. The largest absolute Gasteiger partial charge is 0.465 e. The minimum atomic E-state index is -0.502. The highest BCUT2D eigenvalue weighted by atomic mass is 32.1. The van der Waals surface area contributed by atoms with Gasteiger partial charge in [0.25, 0.3) is 5.91 Å². The van der Waals surface area contributed by atoms with Gasteiger partial charge in [0.15, 0.2) is 5.69 Å². The van der Waals surface area contributed by atoms with E-state index in [0.717, 1.165) is 0 Å². The van der Waals surface area contributed by atoms with Crippen molar-refractivity contribution in [3.63, 3.8) is 0 Å². The molecule has 0 unspecified atom stereocenters. The molecule has 2 aromatic heterocycles. The van der Waals surface area contributed by atoms with Gasteiger partial charge >= 0.3 is 5.97 Å². The first kappa shape index (κ1) is 16.2. The Balaban J connectivity index is 1.56. The number of likely N-dealkylation sites (tertiary alicyclic amines) is 1. The van der Waals surface area contributed by atoms with Crippen molar-refractivity contribution in [3.05, 3.63) is 34.5 Å². The van der Waals surface area contributed by atoms with Crippen LogP contribution < -0.4 is 5.32 Å². The number of anilines is 1. The van der Waals surface area contributed by atoms with Gasteiger partial charge in [-0.1, -0.05) is 5.16 Å². The van der Waals surface area contributed by atoms with E-state index in [9.17, 15) is 14.4 Å². The lowest BCUT2D eigenvalue weighted by molar-refractivity contribution is -0.123. The lowest BCUT2D eigenvalue weighted by atomic mass is 9.98. The Morgan fingerprint density at radius 1 is 1.42 bits per heavy atom. The van der Waals surface area contributed by atoms with Crippen molar-refractivity contribution in [3.8, 4) is 0 Å². The molecule has 2 aromatic rings. The van der Waals surface area contributed by atoms with Crippen molar-refractivity contribution in [2.24, 2.45) is 5.92 Å². The van der Waals surface area contributed by atoms with Crippen LogP contribution in [-0.2, 0) is 9.53 Å². The van der Waals surface area contributed by atoms with Gasteiger partial charge < -0.3 is 19.5 Å². The second-order valence-electron chi connectivity index (χ2n) is 5.37. The molecule has 0 atom stereocenters. The summed E-state index contributed by atoms with van der Waals surface area (Å²) in [5.41, 5.74) is 0.554. The van der Waals surface area contributed by atoms with Gasteiger partial charge in [-0.3, -0.25) is 9.59 Å². The van der Waals surface area contributed by atoms with E-state index in [1.807, 2.05) is 0 Å². The summed E-state index contributed by atoms with van der Waals surface area (Å²) in [5, 5.41) is 8.54. The number of amides is 2. The molecule has 1 N–H and O–H groups in total. The third-order valence-electron chi connectivity index (χ3n) is 3.69. The van der Waals surface area contributed by atoms with Crippen molar-refractivity contribution in [2.75, 3.05) is 25.5 Å². The molecule has 2 amide bonds. The van der Waals surface area contributed by atoms with Crippen LogP contribution >= 0.6 is 11.3 Å². The summed E-state index contributed by atoms with van der Waals surface area (Å²) in [7, 11) is 1.28. The van der Waals surface area contributed by atoms with Crippen LogP contribution in [0.25, 0.3) is 0 Å². The zero-order chi connectivity index (χ0) is 17.3.